The van der Waals surface area contributed by atoms with Gasteiger partial charge in [-0.1, -0.05) is 38.1 Å². The highest BCUT2D eigenvalue weighted by atomic mass is 127. The van der Waals surface area contributed by atoms with Crippen molar-refractivity contribution >= 4 is 29.9 Å². The van der Waals surface area contributed by atoms with E-state index in [2.05, 4.69) is 46.4 Å². The number of benzene rings is 1. The normalized spacial score (nSPS) is 17.6. The average Bonchev–Trinajstić information content (AvgIpc) is 3.12. The van der Waals surface area contributed by atoms with Crippen molar-refractivity contribution < 1.29 is 13.2 Å². The highest BCUT2D eigenvalue weighted by molar-refractivity contribution is 14.0. The molecule has 1 saturated heterocycles. The highest BCUT2D eigenvalue weighted by Gasteiger charge is 2.32. The van der Waals surface area contributed by atoms with Gasteiger partial charge in [-0.3, -0.25) is 9.89 Å². The summed E-state index contributed by atoms with van der Waals surface area (Å²) in [7, 11) is 1.76. The van der Waals surface area contributed by atoms with Crippen LogP contribution in [0.25, 0.3) is 0 Å². The molecule has 1 fully saturated rings. The summed E-state index contributed by atoms with van der Waals surface area (Å²) in [6, 6.07) is 8.65. The topological polar surface area (TPSA) is 30.9 Å². The fourth-order valence-electron chi connectivity index (χ4n) is 3.69. The molecule has 2 rings (SSSR count). The molecule has 1 aliphatic heterocycles. The Morgan fingerprint density at radius 3 is 2.41 bits per heavy atom. The molecule has 4 nitrogen and oxygen atoms in total. The van der Waals surface area contributed by atoms with Gasteiger partial charge in [0.1, 0.15) is 0 Å². The van der Waals surface area contributed by atoms with Crippen LogP contribution in [0.1, 0.15) is 31.4 Å². The second kappa shape index (κ2) is 12.6. The molecular weight excluding hydrogens is 492 g/mol. The van der Waals surface area contributed by atoms with Gasteiger partial charge in [0.05, 0.1) is 6.54 Å². The zero-order chi connectivity index (χ0) is 20.6. The number of guanidine groups is 1. The first kappa shape index (κ1) is 26.0. The van der Waals surface area contributed by atoms with Gasteiger partial charge in [-0.25, -0.2) is 0 Å². The molecule has 0 saturated carbocycles. The molecule has 8 heteroatoms. The molecule has 1 N–H and O–H groups in total. The van der Waals surface area contributed by atoms with Crippen molar-refractivity contribution in [1.82, 2.24) is 15.1 Å². The van der Waals surface area contributed by atoms with Crippen LogP contribution in [0.4, 0.5) is 13.2 Å². The standard InChI is InChI=1S/C21H33F3N4.HI/c1-4-17-6-8-18(9-7-17)10-12-26-20(25-3)28-13-11-19(15-28)14-27(5-2)16-21(22,23)24;/h6-9,19H,4-5,10-16H2,1-3H3,(H,25,26);1H. The molecule has 166 valence electrons. The summed E-state index contributed by atoms with van der Waals surface area (Å²) in [6.45, 7) is 6.36. The number of hydrogen-bond donors (Lipinski definition) is 1. The number of hydrogen-bond acceptors (Lipinski definition) is 2. The number of aryl methyl sites for hydroxylation is 1. The first-order valence-corrected chi connectivity index (χ1v) is 10.2. The molecule has 0 radical (unpaired) electrons. The molecule has 0 spiro atoms. The van der Waals surface area contributed by atoms with Crippen molar-refractivity contribution in [3.8, 4) is 0 Å². The predicted octanol–water partition coefficient (Wildman–Crippen LogP) is 4.19. The minimum Gasteiger partial charge on any atom is -0.356 e. The Bertz CT molecular complexity index is 619. The van der Waals surface area contributed by atoms with E-state index >= 15 is 0 Å². The molecule has 1 heterocycles. The van der Waals surface area contributed by atoms with Crippen LogP contribution < -0.4 is 5.32 Å². The number of alkyl halides is 3. The van der Waals surface area contributed by atoms with Crippen molar-refractivity contribution in [2.24, 2.45) is 10.9 Å². The Morgan fingerprint density at radius 1 is 1.21 bits per heavy atom. The fraction of sp³-hybridized carbons (Fsp3) is 0.667. The SMILES string of the molecule is CCc1ccc(CCNC(=NC)N2CCC(CN(CC)CC(F)(F)F)C2)cc1.I. The van der Waals surface area contributed by atoms with Gasteiger partial charge < -0.3 is 10.2 Å². The number of nitrogens with one attached hydrogen (secondary N) is 1. The summed E-state index contributed by atoms with van der Waals surface area (Å²) in [5.41, 5.74) is 2.62. The Labute approximate surface area is 190 Å². The van der Waals surface area contributed by atoms with Crippen LogP contribution in [0.3, 0.4) is 0 Å². The van der Waals surface area contributed by atoms with Crippen LogP contribution in [0.2, 0.25) is 0 Å². The number of likely N-dealkylation sites (tertiary alicyclic amines) is 1. The second-order valence-electron chi connectivity index (χ2n) is 7.44. The third-order valence-electron chi connectivity index (χ3n) is 5.29. The number of nitrogens with zero attached hydrogens (tertiary/aromatic N) is 3. The Morgan fingerprint density at radius 2 is 1.86 bits per heavy atom. The van der Waals surface area contributed by atoms with E-state index in [4.69, 9.17) is 0 Å². The molecule has 0 aromatic heterocycles. The molecule has 29 heavy (non-hydrogen) atoms. The van der Waals surface area contributed by atoms with Crippen LogP contribution in [0.15, 0.2) is 29.3 Å². The van der Waals surface area contributed by atoms with Crippen molar-refractivity contribution in [2.75, 3.05) is 46.3 Å². The Kier molecular flexibility index (Phi) is 11.3. The third-order valence-corrected chi connectivity index (χ3v) is 5.29. The number of aliphatic imine (C=N–C) groups is 1. The summed E-state index contributed by atoms with van der Waals surface area (Å²) in [4.78, 5) is 8.01. The zero-order valence-corrected chi connectivity index (χ0v) is 20.0. The lowest BCUT2D eigenvalue weighted by Gasteiger charge is -2.26. The van der Waals surface area contributed by atoms with E-state index in [1.807, 2.05) is 0 Å². The lowest BCUT2D eigenvalue weighted by atomic mass is 10.1. The van der Waals surface area contributed by atoms with Gasteiger partial charge in [0.15, 0.2) is 5.96 Å². The quantitative estimate of drug-likeness (QED) is 0.313. The second-order valence-corrected chi connectivity index (χ2v) is 7.44. The van der Waals surface area contributed by atoms with Crippen LogP contribution in [0, 0.1) is 5.92 Å². The van der Waals surface area contributed by atoms with Gasteiger partial charge in [-0.15, -0.1) is 24.0 Å². The maximum absolute atomic E-state index is 12.7. The van der Waals surface area contributed by atoms with E-state index in [1.54, 1.807) is 14.0 Å². The van der Waals surface area contributed by atoms with Gasteiger partial charge in [-0.2, -0.15) is 13.2 Å². The van der Waals surface area contributed by atoms with Crippen LogP contribution in [-0.2, 0) is 12.8 Å². The molecule has 1 aromatic rings. The number of halogens is 4. The van der Waals surface area contributed by atoms with E-state index in [9.17, 15) is 13.2 Å². The predicted molar refractivity (Wildman–Crippen MR) is 124 cm³/mol. The molecular formula is C21H34F3IN4. The molecule has 0 bridgehead atoms. The van der Waals surface area contributed by atoms with Crippen molar-refractivity contribution in [3.05, 3.63) is 35.4 Å². The summed E-state index contributed by atoms with van der Waals surface area (Å²) >= 11 is 0. The molecule has 1 aromatic carbocycles. The Balaban J connectivity index is 0.00000420. The van der Waals surface area contributed by atoms with E-state index in [1.165, 1.54) is 16.0 Å². The summed E-state index contributed by atoms with van der Waals surface area (Å²) in [6.07, 6.45) is -1.29. The largest absolute Gasteiger partial charge is 0.401 e. The average molecular weight is 526 g/mol. The van der Waals surface area contributed by atoms with Gasteiger partial charge >= 0.3 is 6.18 Å². The van der Waals surface area contributed by atoms with Gasteiger partial charge in [-0.05, 0) is 42.9 Å². The van der Waals surface area contributed by atoms with Crippen molar-refractivity contribution in [3.63, 3.8) is 0 Å². The van der Waals surface area contributed by atoms with Crippen LogP contribution in [0.5, 0.6) is 0 Å². The molecule has 0 amide bonds. The fourth-order valence-corrected chi connectivity index (χ4v) is 3.69. The minimum absolute atomic E-state index is 0. The maximum atomic E-state index is 12.7. The first-order chi connectivity index (χ1) is 13.3. The van der Waals surface area contributed by atoms with E-state index in [0.717, 1.165) is 44.9 Å². The van der Waals surface area contributed by atoms with Crippen molar-refractivity contribution in [2.45, 2.75) is 39.3 Å². The van der Waals surface area contributed by atoms with E-state index in [0.29, 0.717) is 13.1 Å². The summed E-state index contributed by atoms with van der Waals surface area (Å²) in [5.74, 6) is 1.08. The monoisotopic (exact) mass is 526 g/mol. The van der Waals surface area contributed by atoms with Gasteiger partial charge in [0, 0.05) is 33.2 Å². The van der Waals surface area contributed by atoms with Crippen LogP contribution in [-0.4, -0.2) is 68.3 Å². The van der Waals surface area contributed by atoms with E-state index in [-0.39, 0.29) is 29.9 Å². The van der Waals surface area contributed by atoms with Gasteiger partial charge in [0.2, 0.25) is 0 Å². The summed E-state index contributed by atoms with van der Waals surface area (Å²) < 4.78 is 38.0. The summed E-state index contributed by atoms with van der Waals surface area (Å²) in [5, 5.41) is 3.40. The first-order valence-electron chi connectivity index (χ1n) is 10.2. The lowest BCUT2D eigenvalue weighted by molar-refractivity contribution is -0.146. The maximum Gasteiger partial charge on any atom is 0.401 e. The molecule has 1 aliphatic rings. The molecule has 1 atom stereocenters. The van der Waals surface area contributed by atoms with Crippen LogP contribution >= 0.6 is 24.0 Å². The highest BCUT2D eigenvalue weighted by Crippen LogP contribution is 2.21. The van der Waals surface area contributed by atoms with Gasteiger partial charge in [0.25, 0.3) is 0 Å². The molecule has 1 unspecified atom stereocenters. The smallest absolute Gasteiger partial charge is 0.356 e. The zero-order valence-electron chi connectivity index (χ0n) is 17.6. The third kappa shape index (κ3) is 9.11. The minimum atomic E-state index is -4.14. The Hall–Kier alpha value is -1.03. The van der Waals surface area contributed by atoms with E-state index < -0.39 is 12.7 Å². The number of rotatable bonds is 8. The van der Waals surface area contributed by atoms with Crippen molar-refractivity contribution in [1.29, 1.82) is 0 Å². The molecule has 0 aliphatic carbocycles. The lowest BCUT2D eigenvalue weighted by Crippen LogP contribution is -2.42.